The van der Waals surface area contributed by atoms with E-state index in [9.17, 15) is 9.90 Å². The maximum atomic E-state index is 10.4. The summed E-state index contributed by atoms with van der Waals surface area (Å²) < 4.78 is 4.97. The number of rotatable bonds is 4. The molecule has 0 aliphatic heterocycles. The van der Waals surface area contributed by atoms with Crippen molar-refractivity contribution >= 4 is 17.8 Å². The van der Waals surface area contributed by atoms with Crippen molar-refractivity contribution in [3.05, 3.63) is 35.9 Å². The van der Waals surface area contributed by atoms with Crippen molar-refractivity contribution in [2.75, 3.05) is 7.11 Å². The van der Waals surface area contributed by atoms with Crippen LogP contribution in [-0.4, -0.2) is 23.6 Å². The van der Waals surface area contributed by atoms with Crippen LogP contribution in [0, 0.1) is 5.53 Å². The first kappa shape index (κ1) is 11.7. The topological polar surface area (TPSA) is 87.3 Å². The summed E-state index contributed by atoms with van der Waals surface area (Å²) in [5, 5.41) is 10.4. The molecule has 0 fully saturated rings. The molecule has 5 nitrogen and oxygen atoms in total. The van der Waals surface area contributed by atoms with Crippen molar-refractivity contribution in [2.24, 2.45) is 0 Å². The van der Waals surface area contributed by atoms with Gasteiger partial charge in [0.05, 0.1) is 17.4 Å². The Kier molecular flexibility index (Phi) is 4.00. The Morgan fingerprint density at radius 2 is 2.06 bits per heavy atom. The molecule has 1 N–H and O–H groups in total. The summed E-state index contributed by atoms with van der Waals surface area (Å²) >= 11 is 0. The number of carbonyl (C=O) groups excluding carboxylic acids is 1. The minimum absolute atomic E-state index is 0.421. The second-order valence-electron chi connectivity index (χ2n) is 2.89. The molecular weight excluding hydrogens is 208 g/mol. The van der Waals surface area contributed by atoms with Crippen LogP contribution in [0.4, 0.5) is 0 Å². The van der Waals surface area contributed by atoms with Crippen molar-refractivity contribution in [3.8, 4) is 5.75 Å². The van der Waals surface area contributed by atoms with Crippen molar-refractivity contribution in [2.45, 2.75) is 0 Å². The van der Waals surface area contributed by atoms with Gasteiger partial charge >= 0.3 is 5.71 Å². The van der Waals surface area contributed by atoms with Gasteiger partial charge in [-0.25, -0.2) is 0 Å². The number of carbonyl (C=O) groups is 1. The Morgan fingerprint density at radius 1 is 1.44 bits per heavy atom. The molecule has 0 spiro atoms. The molecule has 0 saturated carbocycles. The highest BCUT2D eigenvalue weighted by atomic mass is 16.5. The molecule has 0 aromatic heterocycles. The minimum Gasteiger partial charge on any atom is -0.538 e. The number of benzene rings is 1. The molecular formula is C11H10N2O3. The van der Waals surface area contributed by atoms with E-state index >= 15 is 0 Å². The van der Waals surface area contributed by atoms with Gasteiger partial charge in [-0.1, -0.05) is 12.1 Å². The van der Waals surface area contributed by atoms with Gasteiger partial charge in [0.25, 0.3) is 0 Å². The zero-order chi connectivity index (χ0) is 12.0. The largest absolute Gasteiger partial charge is 0.538 e. The number of carboxylic acid groups (broad SMARTS) is 1. The first-order valence-corrected chi connectivity index (χ1v) is 4.45. The number of aliphatic carboxylic acids is 1. The number of nitrogens with zero attached hydrogens (tertiary/aromatic N) is 1. The first-order chi connectivity index (χ1) is 7.67. The molecule has 1 aromatic rings. The third-order valence-corrected chi connectivity index (χ3v) is 1.88. The quantitative estimate of drug-likeness (QED) is 0.443. The van der Waals surface area contributed by atoms with E-state index in [4.69, 9.17) is 10.3 Å². The molecule has 0 atom stereocenters. The molecule has 0 aliphatic rings. The van der Waals surface area contributed by atoms with Crippen molar-refractivity contribution in [3.63, 3.8) is 0 Å². The lowest BCUT2D eigenvalue weighted by Gasteiger charge is -1.98. The van der Waals surface area contributed by atoms with Crippen LogP contribution in [0.5, 0.6) is 5.75 Å². The smallest absolute Gasteiger partial charge is 0.387 e. The van der Waals surface area contributed by atoms with E-state index in [-0.39, 0.29) is 0 Å². The molecule has 0 bridgehead atoms. The van der Waals surface area contributed by atoms with Crippen molar-refractivity contribution in [1.29, 1.82) is 5.53 Å². The van der Waals surface area contributed by atoms with Crippen LogP contribution in [0.15, 0.2) is 30.3 Å². The molecule has 1 rings (SSSR count). The third-order valence-electron chi connectivity index (χ3n) is 1.88. The van der Waals surface area contributed by atoms with Gasteiger partial charge in [-0.3, -0.25) is 0 Å². The number of ether oxygens (including phenoxy) is 1. The molecule has 0 saturated heterocycles. The highest BCUT2D eigenvalue weighted by Gasteiger charge is 2.06. The Balaban J connectivity index is 2.84. The lowest BCUT2D eigenvalue weighted by atomic mass is 10.2. The van der Waals surface area contributed by atoms with E-state index in [1.165, 1.54) is 12.2 Å². The Bertz CT molecular complexity index is 457. The van der Waals surface area contributed by atoms with Crippen molar-refractivity contribution < 1.29 is 19.4 Å². The summed E-state index contributed by atoms with van der Waals surface area (Å²) in [4.78, 5) is 13.2. The number of hydrogen-bond acceptors (Lipinski definition) is 4. The van der Waals surface area contributed by atoms with E-state index in [0.29, 0.717) is 5.75 Å². The fourth-order valence-corrected chi connectivity index (χ4v) is 1.04. The number of hydrogen-bond donors (Lipinski definition) is 1. The molecule has 1 aromatic carbocycles. The monoisotopic (exact) mass is 218 g/mol. The van der Waals surface area contributed by atoms with Gasteiger partial charge in [0.2, 0.25) is 0 Å². The molecule has 5 heteroatoms. The predicted molar refractivity (Wildman–Crippen MR) is 55.0 cm³/mol. The van der Waals surface area contributed by atoms with Gasteiger partial charge in [0.1, 0.15) is 5.75 Å². The number of carboxylic acids is 1. The number of nitrogens with one attached hydrogen (secondary N) is 1. The molecule has 16 heavy (non-hydrogen) atoms. The predicted octanol–water partition coefficient (Wildman–Crippen LogP) is 0.138. The van der Waals surface area contributed by atoms with Crippen LogP contribution in [0.1, 0.15) is 5.56 Å². The Morgan fingerprint density at radius 3 is 2.50 bits per heavy atom. The normalized spacial score (nSPS) is 9.81. The standard InChI is InChI=1S/C11H10N2O3/c1-16-9-5-2-8(3-6-9)4-7-10(13-12)11(14)15/h2-7,12H,1H3. The Labute approximate surface area is 92.2 Å². The second kappa shape index (κ2) is 5.48. The maximum Gasteiger partial charge on any atom is 0.387 e. The van der Waals surface area contributed by atoms with Crippen molar-refractivity contribution in [1.82, 2.24) is 0 Å². The fourth-order valence-electron chi connectivity index (χ4n) is 1.04. The summed E-state index contributed by atoms with van der Waals surface area (Å²) in [6.45, 7) is 0. The van der Waals surface area contributed by atoms with Gasteiger partial charge in [-0.05, 0) is 23.8 Å². The van der Waals surface area contributed by atoms with E-state index in [1.54, 1.807) is 31.4 Å². The van der Waals surface area contributed by atoms with Gasteiger partial charge in [-0.2, -0.15) is 0 Å². The van der Waals surface area contributed by atoms with Crippen LogP contribution < -0.4 is 9.84 Å². The van der Waals surface area contributed by atoms with Gasteiger partial charge in [0.15, 0.2) is 5.97 Å². The SMILES string of the molecule is COc1ccc(C=CC(=[N+]=N)C(=O)[O-])cc1. The molecule has 0 radical (unpaired) electrons. The van der Waals surface area contributed by atoms with Crippen LogP contribution in [0.25, 0.3) is 6.08 Å². The highest BCUT2D eigenvalue weighted by Crippen LogP contribution is 2.12. The summed E-state index contributed by atoms with van der Waals surface area (Å²) in [5.74, 6) is -0.758. The molecule has 0 aliphatic carbocycles. The zero-order valence-electron chi connectivity index (χ0n) is 8.64. The number of methoxy groups -OCH3 is 1. The third kappa shape index (κ3) is 3.08. The molecule has 0 amide bonds. The molecule has 82 valence electrons. The van der Waals surface area contributed by atoms with Crippen LogP contribution in [-0.2, 0) is 4.79 Å². The van der Waals surface area contributed by atoms with Crippen LogP contribution in [0.2, 0.25) is 0 Å². The van der Waals surface area contributed by atoms with E-state index in [1.807, 2.05) is 0 Å². The molecule has 0 unspecified atom stereocenters. The maximum absolute atomic E-state index is 10.4. The summed E-state index contributed by atoms with van der Waals surface area (Å²) in [6.07, 6.45) is 2.74. The van der Waals surface area contributed by atoms with E-state index < -0.39 is 11.7 Å². The first-order valence-electron chi connectivity index (χ1n) is 4.45. The van der Waals surface area contributed by atoms with Gasteiger partial charge in [-0.15, -0.1) is 0 Å². The molecule has 0 heterocycles. The van der Waals surface area contributed by atoms with E-state index in [2.05, 4.69) is 4.79 Å². The summed E-state index contributed by atoms with van der Waals surface area (Å²) in [7, 11) is 1.56. The van der Waals surface area contributed by atoms with Gasteiger partial charge in [0, 0.05) is 6.08 Å². The zero-order valence-corrected chi connectivity index (χ0v) is 8.64. The Hall–Kier alpha value is -2.39. The average molecular weight is 218 g/mol. The fraction of sp³-hybridized carbons (Fsp3) is 0.0909. The van der Waals surface area contributed by atoms with Crippen LogP contribution in [0.3, 0.4) is 0 Å². The minimum atomic E-state index is -1.47. The van der Waals surface area contributed by atoms with Crippen LogP contribution >= 0.6 is 0 Å². The van der Waals surface area contributed by atoms with Gasteiger partial charge < -0.3 is 14.6 Å². The second-order valence-corrected chi connectivity index (χ2v) is 2.89. The van der Waals surface area contributed by atoms with E-state index in [0.717, 1.165) is 5.56 Å². The highest BCUT2D eigenvalue weighted by molar-refractivity contribution is 6.37. The lowest BCUT2D eigenvalue weighted by molar-refractivity contribution is -0.298. The summed E-state index contributed by atoms with van der Waals surface area (Å²) in [6, 6.07) is 7.00. The summed E-state index contributed by atoms with van der Waals surface area (Å²) in [5.41, 5.74) is 6.98. The average Bonchev–Trinajstić information content (AvgIpc) is 2.30. The lowest BCUT2D eigenvalue weighted by Crippen LogP contribution is -2.30.